The van der Waals surface area contributed by atoms with E-state index in [0.29, 0.717) is 23.0 Å². The maximum absolute atomic E-state index is 11.8. The highest BCUT2D eigenvalue weighted by atomic mass is 79.9. The van der Waals surface area contributed by atoms with Crippen molar-refractivity contribution in [3.63, 3.8) is 0 Å². The number of halogens is 2. The lowest BCUT2D eigenvalue weighted by Crippen LogP contribution is -2.38. The van der Waals surface area contributed by atoms with E-state index in [2.05, 4.69) is 26.6 Å². The van der Waals surface area contributed by atoms with Crippen LogP contribution in [-0.4, -0.2) is 24.9 Å². The number of carbonyl (C=O) groups is 2. The van der Waals surface area contributed by atoms with Gasteiger partial charge in [0.1, 0.15) is 0 Å². The van der Waals surface area contributed by atoms with Gasteiger partial charge in [0, 0.05) is 16.6 Å². The van der Waals surface area contributed by atoms with E-state index in [1.54, 1.807) is 18.2 Å². The van der Waals surface area contributed by atoms with Crippen molar-refractivity contribution in [2.75, 3.05) is 13.1 Å². The van der Waals surface area contributed by atoms with Gasteiger partial charge in [-0.3, -0.25) is 9.59 Å². The summed E-state index contributed by atoms with van der Waals surface area (Å²) in [5.41, 5.74) is 0.421. The van der Waals surface area contributed by atoms with Gasteiger partial charge in [0.05, 0.1) is 11.6 Å². The highest BCUT2D eigenvalue weighted by molar-refractivity contribution is 9.10. The molecule has 0 saturated heterocycles. The normalized spacial score (nSPS) is 10.4. The number of benzene rings is 1. The molecule has 0 aliphatic rings. The number of nitrogens with one attached hydrogen (secondary N) is 2. The van der Waals surface area contributed by atoms with Crippen molar-refractivity contribution in [2.24, 2.45) is 5.92 Å². The first-order valence-corrected chi connectivity index (χ1v) is 7.07. The van der Waals surface area contributed by atoms with Crippen LogP contribution in [0.15, 0.2) is 22.7 Å². The summed E-state index contributed by atoms with van der Waals surface area (Å²) < 4.78 is 0.723. The maximum atomic E-state index is 11.8. The minimum atomic E-state index is -0.325. The lowest BCUT2D eigenvalue weighted by molar-refractivity contribution is -0.120. The topological polar surface area (TPSA) is 58.2 Å². The quantitative estimate of drug-likeness (QED) is 0.860. The van der Waals surface area contributed by atoms with Crippen LogP contribution in [0.4, 0.5) is 0 Å². The lowest BCUT2D eigenvalue weighted by atomic mass is 10.2. The van der Waals surface area contributed by atoms with Gasteiger partial charge in [0.2, 0.25) is 5.91 Å². The minimum Gasteiger partial charge on any atom is -0.354 e. The molecule has 4 nitrogen and oxygen atoms in total. The molecule has 0 aromatic heterocycles. The average molecular weight is 348 g/mol. The van der Waals surface area contributed by atoms with E-state index in [9.17, 15) is 9.59 Å². The Morgan fingerprint density at radius 1 is 1.32 bits per heavy atom. The Morgan fingerprint density at radius 3 is 2.58 bits per heavy atom. The van der Waals surface area contributed by atoms with Gasteiger partial charge in [-0.1, -0.05) is 25.4 Å². The van der Waals surface area contributed by atoms with Crippen LogP contribution < -0.4 is 10.6 Å². The predicted octanol–water partition coefficient (Wildman–Crippen LogP) is 2.60. The molecule has 0 aliphatic heterocycles. The maximum Gasteiger partial charge on any atom is 0.251 e. The molecule has 6 heteroatoms. The number of carbonyl (C=O) groups excluding carboxylic acids is 2. The largest absolute Gasteiger partial charge is 0.354 e. The molecule has 2 N–H and O–H groups in total. The van der Waals surface area contributed by atoms with Crippen molar-refractivity contribution in [3.05, 3.63) is 33.3 Å². The van der Waals surface area contributed by atoms with Crippen molar-refractivity contribution in [1.29, 1.82) is 0 Å². The second-order valence-corrected chi connectivity index (χ2v) is 5.77. The fourth-order valence-electron chi connectivity index (χ4n) is 1.28. The van der Waals surface area contributed by atoms with E-state index in [1.807, 2.05) is 13.8 Å². The molecular formula is C13H16BrClN2O2. The van der Waals surface area contributed by atoms with Crippen LogP contribution in [-0.2, 0) is 4.79 Å². The summed E-state index contributed by atoms with van der Waals surface area (Å²) in [6.45, 7) is 4.56. The molecular weight excluding hydrogens is 332 g/mol. The first-order valence-electron chi connectivity index (χ1n) is 5.90. The van der Waals surface area contributed by atoms with Crippen LogP contribution in [0.2, 0.25) is 5.02 Å². The SMILES string of the molecule is CC(C)CNC(=O)CNC(=O)c1ccc(Br)c(Cl)c1. The molecule has 1 rings (SSSR count). The van der Waals surface area contributed by atoms with Gasteiger partial charge in [0.25, 0.3) is 5.91 Å². The van der Waals surface area contributed by atoms with E-state index < -0.39 is 0 Å². The zero-order valence-electron chi connectivity index (χ0n) is 10.8. The molecule has 0 fully saturated rings. The highest BCUT2D eigenvalue weighted by Gasteiger charge is 2.09. The monoisotopic (exact) mass is 346 g/mol. The van der Waals surface area contributed by atoms with Gasteiger partial charge in [-0.05, 0) is 40.0 Å². The Hall–Kier alpha value is -1.07. The predicted molar refractivity (Wildman–Crippen MR) is 79.3 cm³/mol. The Morgan fingerprint density at radius 2 is 2.00 bits per heavy atom. The van der Waals surface area contributed by atoms with E-state index in [0.717, 1.165) is 4.47 Å². The smallest absolute Gasteiger partial charge is 0.251 e. The molecule has 1 aromatic carbocycles. The summed E-state index contributed by atoms with van der Waals surface area (Å²) in [4.78, 5) is 23.2. The average Bonchev–Trinajstić information content (AvgIpc) is 2.36. The van der Waals surface area contributed by atoms with Gasteiger partial charge in [0.15, 0.2) is 0 Å². The van der Waals surface area contributed by atoms with E-state index in [1.165, 1.54) is 0 Å². The number of hydrogen-bond donors (Lipinski definition) is 2. The summed E-state index contributed by atoms with van der Waals surface area (Å²) >= 11 is 9.15. The van der Waals surface area contributed by atoms with E-state index in [4.69, 9.17) is 11.6 Å². The first-order chi connectivity index (χ1) is 8.90. The molecule has 0 saturated carbocycles. The second kappa shape index (κ2) is 7.50. The van der Waals surface area contributed by atoms with Crippen molar-refractivity contribution in [1.82, 2.24) is 10.6 Å². The molecule has 2 amide bonds. The third kappa shape index (κ3) is 5.61. The summed E-state index contributed by atoms with van der Waals surface area (Å²) in [6, 6.07) is 4.88. The molecule has 0 spiro atoms. The molecule has 104 valence electrons. The van der Waals surface area contributed by atoms with Crippen LogP contribution in [0.1, 0.15) is 24.2 Å². The molecule has 0 aliphatic carbocycles. The highest BCUT2D eigenvalue weighted by Crippen LogP contribution is 2.22. The molecule has 0 bridgehead atoms. The molecule has 1 aromatic rings. The Balaban J connectivity index is 2.47. The summed E-state index contributed by atoms with van der Waals surface area (Å²) in [5.74, 6) is -0.149. The number of rotatable bonds is 5. The van der Waals surface area contributed by atoms with E-state index in [-0.39, 0.29) is 18.4 Å². The number of amides is 2. The van der Waals surface area contributed by atoms with Crippen LogP contribution in [0, 0.1) is 5.92 Å². The van der Waals surface area contributed by atoms with Gasteiger partial charge < -0.3 is 10.6 Å². The third-order valence-corrected chi connectivity index (χ3v) is 3.53. The van der Waals surface area contributed by atoms with E-state index >= 15 is 0 Å². The zero-order valence-corrected chi connectivity index (χ0v) is 13.1. The fourth-order valence-corrected chi connectivity index (χ4v) is 1.71. The van der Waals surface area contributed by atoms with Crippen LogP contribution >= 0.6 is 27.5 Å². The summed E-state index contributed by atoms with van der Waals surface area (Å²) in [5, 5.41) is 5.72. The standard InChI is InChI=1S/C13H16BrClN2O2/c1-8(2)6-16-12(18)7-17-13(19)9-3-4-10(14)11(15)5-9/h3-5,8H,6-7H2,1-2H3,(H,16,18)(H,17,19). The van der Waals surface area contributed by atoms with Crippen LogP contribution in [0.5, 0.6) is 0 Å². The van der Waals surface area contributed by atoms with Crippen molar-refractivity contribution in [2.45, 2.75) is 13.8 Å². The zero-order chi connectivity index (χ0) is 14.4. The Labute approximate surface area is 126 Å². The molecule has 0 heterocycles. The second-order valence-electron chi connectivity index (χ2n) is 4.51. The molecule has 19 heavy (non-hydrogen) atoms. The summed E-state index contributed by atoms with van der Waals surface area (Å²) in [7, 11) is 0. The molecule has 0 radical (unpaired) electrons. The third-order valence-electron chi connectivity index (χ3n) is 2.30. The Bertz CT molecular complexity index is 478. The first kappa shape index (κ1) is 16.0. The van der Waals surface area contributed by atoms with Crippen LogP contribution in [0.3, 0.4) is 0 Å². The molecule has 0 atom stereocenters. The minimum absolute atomic E-state index is 0.0424. The summed E-state index contributed by atoms with van der Waals surface area (Å²) in [6.07, 6.45) is 0. The Kier molecular flexibility index (Phi) is 6.31. The van der Waals surface area contributed by atoms with Crippen molar-refractivity contribution in [3.8, 4) is 0 Å². The van der Waals surface area contributed by atoms with Crippen molar-refractivity contribution < 1.29 is 9.59 Å². The van der Waals surface area contributed by atoms with Crippen molar-refractivity contribution >= 4 is 39.3 Å². The van der Waals surface area contributed by atoms with Gasteiger partial charge >= 0.3 is 0 Å². The fraction of sp³-hybridized carbons (Fsp3) is 0.385. The molecule has 0 unspecified atom stereocenters. The van der Waals surface area contributed by atoms with Gasteiger partial charge in [-0.25, -0.2) is 0 Å². The lowest BCUT2D eigenvalue weighted by Gasteiger charge is -2.09. The van der Waals surface area contributed by atoms with Gasteiger partial charge in [-0.15, -0.1) is 0 Å². The van der Waals surface area contributed by atoms with Gasteiger partial charge in [-0.2, -0.15) is 0 Å². The van der Waals surface area contributed by atoms with Crippen LogP contribution in [0.25, 0.3) is 0 Å². The number of hydrogen-bond acceptors (Lipinski definition) is 2.